The predicted octanol–water partition coefficient (Wildman–Crippen LogP) is 4.00. The van der Waals surface area contributed by atoms with Crippen molar-refractivity contribution in [1.29, 1.82) is 0 Å². The first kappa shape index (κ1) is 59.6. The van der Waals surface area contributed by atoms with Crippen molar-refractivity contribution in [2.75, 3.05) is 45.8 Å². The second-order valence-electron chi connectivity index (χ2n) is 20.0. The van der Waals surface area contributed by atoms with Crippen molar-refractivity contribution in [3.05, 3.63) is 80.1 Å². The fourth-order valence-corrected chi connectivity index (χ4v) is 10.0. The summed E-state index contributed by atoms with van der Waals surface area (Å²) in [6, 6.07) is 2.73. The van der Waals surface area contributed by atoms with Gasteiger partial charge in [0.25, 0.3) is 5.56 Å². The van der Waals surface area contributed by atoms with Crippen molar-refractivity contribution in [3.8, 4) is 23.2 Å². The third-order valence-electron chi connectivity index (χ3n) is 13.7. The average molecular weight is 1090 g/mol. The summed E-state index contributed by atoms with van der Waals surface area (Å²) in [7, 11) is -3.54. The van der Waals surface area contributed by atoms with Gasteiger partial charge in [0.05, 0.1) is 41.1 Å². The summed E-state index contributed by atoms with van der Waals surface area (Å²) >= 11 is 0. The number of benzene rings is 1. The first-order chi connectivity index (χ1) is 36.7. The molecule has 20 nitrogen and oxygen atoms in total. The number of carbonyl (C=O) groups excluding carboxylic acids is 5. The molecule has 0 aliphatic carbocycles. The Labute approximate surface area is 449 Å². The third kappa shape index (κ3) is 15.1. The largest absolute Gasteiger partial charge is 0.458 e. The van der Waals surface area contributed by atoms with Crippen molar-refractivity contribution in [2.45, 2.75) is 148 Å². The number of aromatic nitrogens is 4. The molecule has 1 aromatic carbocycles. The van der Waals surface area contributed by atoms with E-state index in [1.165, 1.54) is 23.0 Å². The lowest BCUT2D eigenvalue weighted by Crippen LogP contribution is -2.56. The number of carbonyl (C=O) groups is 5. The summed E-state index contributed by atoms with van der Waals surface area (Å²) in [6.07, 6.45) is 9.00. The highest BCUT2D eigenvalue weighted by Gasteiger charge is 2.45. The summed E-state index contributed by atoms with van der Waals surface area (Å²) in [5.41, 5.74) is 1.61. The zero-order valence-corrected chi connectivity index (χ0v) is 45.9. The quantitative estimate of drug-likeness (QED) is 0.0164. The van der Waals surface area contributed by atoms with Gasteiger partial charge in [0.2, 0.25) is 38.6 Å². The van der Waals surface area contributed by atoms with Crippen LogP contribution in [0.5, 0.6) is 0 Å². The Bertz CT molecular complexity index is 3060. The van der Waals surface area contributed by atoms with Gasteiger partial charge < -0.3 is 45.3 Å². The van der Waals surface area contributed by atoms with E-state index in [1.54, 1.807) is 39.8 Å². The van der Waals surface area contributed by atoms with Gasteiger partial charge in [-0.2, -0.15) is 0 Å². The van der Waals surface area contributed by atoms with Crippen LogP contribution in [0.1, 0.15) is 132 Å². The maximum Gasteiger partial charge on any atom is 0.343 e. The Morgan fingerprint density at radius 2 is 1.68 bits per heavy atom. The van der Waals surface area contributed by atoms with Gasteiger partial charge in [0, 0.05) is 60.7 Å². The molecule has 416 valence electrons. The molecule has 0 saturated heterocycles. The fourth-order valence-electron chi connectivity index (χ4n) is 9.52. The van der Waals surface area contributed by atoms with Crippen molar-refractivity contribution in [3.63, 3.8) is 0 Å². The molecule has 2 aliphatic rings. The second kappa shape index (κ2) is 27.1. The van der Waals surface area contributed by atoms with Crippen LogP contribution in [0.15, 0.2) is 40.5 Å². The average Bonchev–Trinajstić information content (AvgIpc) is 3.76. The van der Waals surface area contributed by atoms with Crippen LogP contribution in [0.25, 0.3) is 22.3 Å². The number of aliphatic hydroxyl groups is 1. The summed E-state index contributed by atoms with van der Waals surface area (Å²) in [4.78, 5) is 95.0. The van der Waals surface area contributed by atoms with Gasteiger partial charge in [0.1, 0.15) is 31.2 Å². The van der Waals surface area contributed by atoms with Crippen LogP contribution >= 0.6 is 0 Å². The molecule has 4 amide bonds. The van der Waals surface area contributed by atoms with E-state index in [1.807, 2.05) is 0 Å². The lowest BCUT2D eigenvalue weighted by Gasteiger charge is -2.31. The van der Waals surface area contributed by atoms with Crippen LogP contribution in [0.3, 0.4) is 0 Å². The van der Waals surface area contributed by atoms with E-state index in [0.717, 1.165) is 56.3 Å². The van der Waals surface area contributed by atoms with Crippen LogP contribution < -0.4 is 26.8 Å². The minimum Gasteiger partial charge on any atom is -0.458 e. The van der Waals surface area contributed by atoms with Crippen molar-refractivity contribution < 1.29 is 51.4 Å². The Kier molecular flexibility index (Phi) is 21.0. The summed E-state index contributed by atoms with van der Waals surface area (Å²) in [5.74, 6) is 2.15. The Morgan fingerprint density at radius 1 is 0.948 bits per heavy atom. The van der Waals surface area contributed by atoms with Crippen molar-refractivity contribution in [2.24, 2.45) is 5.92 Å². The van der Waals surface area contributed by atoms with Gasteiger partial charge in [-0.25, -0.2) is 32.6 Å². The molecule has 5 N–H and O–H groups in total. The van der Waals surface area contributed by atoms with Gasteiger partial charge in [-0.3, -0.25) is 24.0 Å². The second-order valence-corrected chi connectivity index (χ2v) is 21.9. The van der Waals surface area contributed by atoms with Crippen LogP contribution in [0.2, 0.25) is 0 Å². The lowest BCUT2D eigenvalue weighted by atomic mass is 9.86. The molecular weight excluding hydrogens is 1010 g/mol. The number of ether oxygens (including phenoxy) is 2. The smallest absolute Gasteiger partial charge is 0.343 e. The zero-order chi connectivity index (χ0) is 56.0. The normalized spacial score (nSPS) is 15.4. The van der Waals surface area contributed by atoms with Crippen LogP contribution in [0.4, 0.5) is 4.39 Å². The number of halogens is 1. The Hall–Kier alpha value is -6.67. The summed E-state index contributed by atoms with van der Waals surface area (Å²) < 4.78 is 50.8. The molecule has 5 heterocycles. The minimum atomic E-state index is -3.54. The number of cyclic esters (lactones) is 1. The number of sulfone groups is 1. The van der Waals surface area contributed by atoms with E-state index < -0.39 is 69.1 Å². The first-order valence-electron chi connectivity index (χ1n) is 26.4. The van der Waals surface area contributed by atoms with Crippen molar-refractivity contribution >= 4 is 50.3 Å². The number of amides is 4. The fraction of sp³-hybridized carbons (Fsp3) is 0.545. The zero-order valence-electron chi connectivity index (χ0n) is 45.1. The van der Waals surface area contributed by atoms with Crippen LogP contribution in [-0.4, -0.2) is 125 Å². The number of pyridine rings is 2. The van der Waals surface area contributed by atoms with E-state index in [4.69, 9.17) is 14.5 Å². The van der Waals surface area contributed by atoms with Gasteiger partial charge in [-0.1, -0.05) is 46.5 Å². The molecule has 3 atom stereocenters. The molecule has 0 fully saturated rings. The van der Waals surface area contributed by atoms with E-state index in [2.05, 4.69) is 61.8 Å². The van der Waals surface area contributed by atoms with Crippen molar-refractivity contribution in [1.82, 2.24) is 45.7 Å². The number of aryl methyl sites for hydroxylation is 2. The highest BCUT2D eigenvalue weighted by atomic mass is 32.2. The topological polar surface area (TPSA) is 270 Å². The predicted molar refractivity (Wildman–Crippen MR) is 285 cm³/mol. The third-order valence-corrected chi connectivity index (χ3v) is 14.6. The highest BCUT2D eigenvalue weighted by molar-refractivity contribution is 7.90. The van der Waals surface area contributed by atoms with Gasteiger partial charge in [0.15, 0.2) is 5.60 Å². The molecule has 0 bridgehead atoms. The lowest BCUT2D eigenvalue weighted by molar-refractivity contribution is -0.172. The molecule has 0 saturated carbocycles. The molecule has 0 unspecified atom stereocenters. The minimum absolute atomic E-state index is 0.0114. The van der Waals surface area contributed by atoms with Crippen LogP contribution in [-0.2, 0) is 68.5 Å². The molecule has 6 rings (SSSR count). The summed E-state index contributed by atoms with van der Waals surface area (Å²) in [5, 5.41) is 22.7. The van der Waals surface area contributed by atoms with E-state index in [9.17, 15) is 46.7 Å². The number of unbranched alkanes of at least 4 members (excludes halogenated alkanes) is 2. The van der Waals surface area contributed by atoms with E-state index in [-0.39, 0.29) is 67.4 Å². The highest BCUT2D eigenvalue weighted by Crippen LogP contribution is 2.41. The molecule has 3 aromatic heterocycles. The molecule has 77 heavy (non-hydrogen) atoms. The first-order valence-corrected chi connectivity index (χ1v) is 28.3. The standard InChI is InChI=1S/C55H72FN9O11S/c1-8-21-64(22-9-2)23-15-14-19-43(62-51(69)48(34(4)5)63-46(66)20-13-11-12-17-36-28-58-54(59-29-36)77(7,73)74)50(68)57-30-47(67)60-33-75-24-16-18-37-38-25-35(6)42(56)27-44(38)61-49-39(37)31-65-45(49)26-41-40(52(65)70)32-76-53(71)55(41,72)10-3/h25-29,34,43,48,72H,8-11,13-16,18-24,30-33H2,1-7H3,(H,57,68)(H,60,67)(H,62,69)(H,63,66)/t43-,48-,55-/m0/s1. The molecule has 0 radical (unpaired) electrons. The molecule has 4 aromatic rings. The molecule has 0 spiro atoms. The number of hydrogen-bond donors (Lipinski definition) is 5. The van der Waals surface area contributed by atoms with E-state index >= 15 is 0 Å². The van der Waals surface area contributed by atoms with Gasteiger partial charge >= 0.3 is 5.97 Å². The summed E-state index contributed by atoms with van der Waals surface area (Å²) in [6.45, 7) is 13.3. The molecular formula is C55H72FN9O11S. The SMILES string of the molecule is CCCN(CCC)CCCC[C@H](NC(=O)[C@@H](NC(=O)CCCC#Cc1cnc(S(C)(=O)=O)nc1)C(C)C)C(=O)NCC(=O)NCOCCCc1c2c(nc3cc(F)c(C)cc13)-c1cc3c(c(=O)n1C2)COC(=O)[C@]3(O)CC. The Morgan fingerprint density at radius 3 is 2.35 bits per heavy atom. The number of esters is 1. The van der Waals surface area contributed by atoms with Gasteiger partial charge in [-0.05, 0) is 114 Å². The molecule has 2 aliphatic heterocycles. The molecule has 22 heteroatoms. The van der Waals surface area contributed by atoms with Crippen LogP contribution in [0, 0.1) is 30.5 Å². The van der Waals surface area contributed by atoms with E-state index in [0.29, 0.717) is 71.9 Å². The number of rotatable bonds is 27. The van der Waals surface area contributed by atoms with Gasteiger partial charge in [-0.15, -0.1) is 0 Å². The number of hydrogen-bond acceptors (Lipinski definition) is 15. The number of fused-ring (bicyclic) bond motifs is 5. The number of nitrogens with zero attached hydrogens (tertiary/aromatic N) is 5. The maximum atomic E-state index is 15.0. The monoisotopic (exact) mass is 1090 g/mol. The Balaban J connectivity index is 1.02. The number of nitrogens with one attached hydrogen (secondary N) is 4. The maximum absolute atomic E-state index is 15.0.